The zero-order valence-electron chi connectivity index (χ0n) is 15.0. The fourth-order valence-corrected chi connectivity index (χ4v) is 4.50. The van der Waals surface area contributed by atoms with Gasteiger partial charge in [0.15, 0.2) is 4.34 Å². The van der Waals surface area contributed by atoms with E-state index in [-0.39, 0.29) is 5.69 Å². The second-order valence-electron chi connectivity index (χ2n) is 5.93. The van der Waals surface area contributed by atoms with Crippen LogP contribution in [0.1, 0.15) is 26.4 Å². The first-order valence-electron chi connectivity index (χ1n) is 8.63. The molecular weight excluding hydrogens is 406 g/mol. The molecule has 0 aliphatic heterocycles. The van der Waals surface area contributed by atoms with Gasteiger partial charge in [0.1, 0.15) is 5.69 Å². The van der Waals surface area contributed by atoms with E-state index < -0.39 is 11.8 Å². The Balaban J connectivity index is 1.31. The number of thioether (sulfide) groups is 1. The number of carbonyl (C=O) groups is 2. The number of thiazole rings is 1. The Labute approximate surface area is 174 Å². The van der Waals surface area contributed by atoms with Gasteiger partial charge >= 0.3 is 0 Å². The van der Waals surface area contributed by atoms with E-state index in [2.05, 4.69) is 31.9 Å². The third kappa shape index (κ3) is 4.76. The molecule has 2 amide bonds. The Morgan fingerprint density at radius 3 is 2.52 bits per heavy atom. The molecule has 144 valence electrons. The zero-order chi connectivity index (χ0) is 20.1. The molecular formula is C20H15N5O2S2. The largest absolute Gasteiger partial charge is 0.289 e. The SMILES string of the molecule is O=C(NNC(=O)c1cnccn1)c1ccc(CSc2nc3ccccc3s2)cc1. The van der Waals surface area contributed by atoms with E-state index in [1.807, 2.05) is 30.3 Å². The summed E-state index contributed by atoms with van der Waals surface area (Å²) >= 11 is 3.33. The number of amides is 2. The molecule has 0 saturated carbocycles. The predicted octanol–water partition coefficient (Wildman–Crippen LogP) is 3.45. The first-order chi connectivity index (χ1) is 14.2. The first-order valence-corrected chi connectivity index (χ1v) is 10.4. The van der Waals surface area contributed by atoms with Gasteiger partial charge in [-0.05, 0) is 29.8 Å². The number of fused-ring (bicyclic) bond motifs is 1. The molecule has 7 nitrogen and oxygen atoms in total. The van der Waals surface area contributed by atoms with E-state index in [0.717, 1.165) is 21.2 Å². The zero-order valence-corrected chi connectivity index (χ0v) is 16.7. The van der Waals surface area contributed by atoms with E-state index in [9.17, 15) is 9.59 Å². The number of hydrazine groups is 1. The quantitative estimate of drug-likeness (QED) is 0.378. The maximum atomic E-state index is 12.2. The molecule has 0 fully saturated rings. The summed E-state index contributed by atoms with van der Waals surface area (Å²) in [5, 5.41) is 0. The number of rotatable bonds is 5. The average molecular weight is 422 g/mol. The topological polar surface area (TPSA) is 96.9 Å². The van der Waals surface area contributed by atoms with Crippen molar-refractivity contribution in [2.24, 2.45) is 0 Å². The van der Waals surface area contributed by atoms with Gasteiger partial charge in [-0.15, -0.1) is 11.3 Å². The van der Waals surface area contributed by atoms with Crippen molar-refractivity contribution in [2.75, 3.05) is 0 Å². The molecule has 0 aliphatic rings. The average Bonchev–Trinajstić information content (AvgIpc) is 3.20. The Hall–Kier alpha value is -3.30. The number of hydrogen-bond donors (Lipinski definition) is 2. The van der Waals surface area contributed by atoms with Crippen molar-refractivity contribution in [3.63, 3.8) is 0 Å². The number of para-hydroxylation sites is 1. The highest BCUT2D eigenvalue weighted by Gasteiger charge is 2.10. The highest BCUT2D eigenvalue weighted by molar-refractivity contribution is 8.00. The third-order valence-corrected chi connectivity index (χ3v) is 6.19. The molecule has 0 radical (unpaired) electrons. The van der Waals surface area contributed by atoms with Crippen LogP contribution in [0.15, 0.2) is 71.5 Å². The van der Waals surface area contributed by atoms with E-state index in [0.29, 0.717) is 5.56 Å². The number of carbonyl (C=O) groups excluding carboxylic acids is 2. The van der Waals surface area contributed by atoms with E-state index in [1.54, 1.807) is 35.2 Å². The lowest BCUT2D eigenvalue weighted by atomic mass is 10.1. The minimum Gasteiger partial charge on any atom is -0.267 e. The molecule has 0 spiro atoms. The lowest BCUT2D eigenvalue weighted by Crippen LogP contribution is -2.41. The van der Waals surface area contributed by atoms with Gasteiger partial charge in [0.2, 0.25) is 0 Å². The van der Waals surface area contributed by atoms with Crippen LogP contribution in [-0.4, -0.2) is 26.8 Å². The first kappa shape index (κ1) is 19.0. The molecule has 0 aliphatic carbocycles. The Morgan fingerprint density at radius 2 is 1.76 bits per heavy atom. The fraction of sp³-hybridized carbons (Fsp3) is 0.0500. The second kappa shape index (κ2) is 8.80. The monoisotopic (exact) mass is 421 g/mol. The highest BCUT2D eigenvalue weighted by atomic mass is 32.2. The van der Waals surface area contributed by atoms with Crippen molar-refractivity contribution >= 4 is 45.1 Å². The van der Waals surface area contributed by atoms with Crippen molar-refractivity contribution in [3.05, 3.63) is 83.9 Å². The molecule has 4 rings (SSSR count). The summed E-state index contributed by atoms with van der Waals surface area (Å²) in [4.78, 5) is 36.4. The third-order valence-electron chi connectivity index (χ3n) is 3.94. The minimum atomic E-state index is -0.532. The molecule has 4 aromatic rings. The van der Waals surface area contributed by atoms with Crippen molar-refractivity contribution in [1.82, 2.24) is 25.8 Å². The number of aromatic nitrogens is 3. The van der Waals surface area contributed by atoms with Gasteiger partial charge in [0.25, 0.3) is 11.8 Å². The van der Waals surface area contributed by atoms with Crippen LogP contribution >= 0.6 is 23.1 Å². The lowest BCUT2D eigenvalue weighted by molar-refractivity contribution is 0.0843. The summed E-state index contributed by atoms with van der Waals surface area (Å²) in [5.74, 6) is -0.187. The van der Waals surface area contributed by atoms with Crippen LogP contribution in [0, 0.1) is 0 Å². The number of nitrogens with zero attached hydrogens (tertiary/aromatic N) is 3. The van der Waals surface area contributed by atoms with Gasteiger partial charge < -0.3 is 0 Å². The second-order valence-corrected chi connectivity index (χ2v) is 8.19. The summed E-state index contributed by atoms with van der Waals surface area (Å²) in [5.41, 5.74) is 7.34. The standard InChI is InChI=1S/C20H15N5O2S2/c26-18(24-25-19(27)16-11-21-9-10-22-16)14-7-5-13(6-8-14)12-28-20-23-15-3-1-2-4-17(15)29-20/h1-11H,12H2,(H,24,26)(H,25,27). The highest BCUT2D eigenvalue weighted by Crippen LogP contribution is 2.31. The predicted molar refractivity (Wildman–Crippen MR) is 113 cm³/mol. The van der Waals surface area contributed by atoms with Gasteiger partial charge in [-0.25, -0.2) is 9.97 Å². The van der Waals surface area contributed by atoms with Crippen molar-refractivity contribution in [1.29, 1.82) is 0 Å². The maximum absolute atomic E-state index is 12.2. The minimum absolute atomic E-state index is 0.120. The summed E-state index contributed by atoms with van der Waals surface area (Å²) in [6.45, 7) is 0. The number of nitrogens with one attached hydrogen (secondary N) is 2. The van der Waals surface area contributed by atoms with Crippen molar-refractivity contribution in [2.45, 2.75) is 10.1 Å². The fourth-order valence-electron chi connectivity index (χ4n) is 2.48. The smallest absolute Gasteiger partial charge is 0.267 e. The Bertz CT molecular complexity index is 1110. The van der Waals surface area contributed by atoms with E-state index in [1.165, 1.54) is 23.3 Å². The molecule has 2 heterocycles. The molecule has 0 unspecified atom stereocenters. The summed E-state index contributed by atoms with van der Waals surface area (Å²) in [7, 11) is 0. The van der Waals surface area contributed by atoms with Crippen LogP contribution in [0.25, 0.3) is 10.2 Å². The summed E-state index contributed by atoms with van der Waals surface area (Å²) < 4.78 is 2.19. The van der Waals surface area contributed by atoms with Crippen LogP contribution < -0.4 is 10.9 Å². The van der Waals surface area contributed by atoms with Gasteiger partial charge in [-0.3, -0.25) is 25.4 Å². The summed E-state index contributed by atoms with van der Waals surface area (Å²) in [6.07, 6.45) is 4.19. The molecule has 9 heteroatoms. The lowest BCUT2D eigenvalue weighted by Gasteiger charge is -2.07. The van der Waals surface area contributed by atoms with Gasteiger partial charge in [-0.1, -0.05) is 36.0 Å². The van der Waals surface area contributed by atoms with Crippen LogP contribution in [-0.2, 0) is 5.75 Å². The van der Waals surface area contributed by atoms with Crippen molar-refractivity contribution < 1.29 is 9.59 Å². The molecule has 0 bridgehead atoms. The van der Waals surface area contributed by atoms with Crippen LogP contribution in [0.4, 0.5) is 0 Å². The molecule has 2 aromatic carbocycles. The number of benzene rings is 2. The van der Waals surface area contributed by atoms with Gasteiger partial charge in [0, 0.05) is 23.7 Å². The van der Waals surface area contributed by atoms with Crippen LogP contribution in [0.2, 0.25) is 0 Å². The molecule has 29 heavy (non-hydrogen) atoms. The number of hydrogen-bond acceptors (Lipinski definition) is 7. The Kier molecular flexibility index (Phi) is 5.78. The molecule has 0 atom stereocenters. The van der Waals surface area contributed by atoms with E-state index in [4.69, 9.17) is 0 Å². The van der Waals surface area contributed by atoms with Gasteiger partial charge in [-0.2, -0.15) is 0 Å². The van der Waals surface area contributed by atoms with Crippen molar-refractivity contribution in [3.8, 4) is 0 Å². The molecule has 2 N–H and O–H groups in total. The van der Waals surface area contributed by atoms with Crippen LogP contribution in [0.3, 0.4) is 0 Å². The van der Waals surface area contributed by atoms with Gasteiger partial charge in [0.05, 0.1) is 16.4 Å². The molecule has 2 aromatic heterocycles. The van der Waals surface area contributed by atoms with Crippen LogP contribution in [0.5, 0.6) is 0 Å². The summed E-state index contributed by atoms with van der Waals surface area (Å²) in [6, 6.07) is 15.3. The normalized spacial score (nSPS) is 10.6. The Morgan fingerprint density at radius 1 is 0.966 bits per heavy atom. The maximum Gasteiger partial charge on any atom is 0.289 e. The van der Waals surface area contributed by atoms with E-state index >= 15 is 0 Å². The molecule has 0 saturated heterocycles.